The number of nitrogens with one attached hydrogen (secondary N) is 1. The SMILES string of the molecule is CNCc1nc2c(s1)CCc1ccccc1-2. The molecular weight excluding hydrogens is 216 g/mol. The first-order chi connectivity index (χ1) is 7.88. The monoisotopic (exact) mass is 230 g/mol. The summed E-state index contributed by atoms with van der Waals surface area (Å²) in [6.45, 7) is 0.875. The zero-order valence-electron chi connectivity index (χ0n) is 9.29. The predicted molar refractivity (Wildman–Crippen MR) is 67.7 cm³/mol. The van der Waals surface area contributed by atoms with Crippen LogP contribution in [0.5, 0.6) is 0 Å². The highest BCUT2D eigenvalue weighted by molar-refractivity contribution is 7.12. The van der Waals surface area contributed by atoms with Crippen LogP contribution < -0.4 is 5.32 Å². The van der Waals surface area contributed by atoms with Gasteiger partial charge in [-0.2, -0.15) is 0 Å². The van der Waals surface area contributed by atoms with E-state index < -0.39 is 0 Å². The Morgan fingerprint density at radius 3 is 3.06 bits per heavy atom. The minimum Gasteiger partial charge on any atom is -0.314 e. The third-order valence-electron chi connectivity index (χ3n) is 2.96. The minimum absolute atomic E-state index is 0.875. The maximum atomic E-state index is 4.74. The zero-order chi connectivity index (χ0) is 11.0. The molecule has 3 rings (SSSR count). The van der Waals surface area contributed by atoms with E-state index in [0.29, 0.717) is 0 Å². The summed E-state index contributed by atoms with van der Waals surface area (Å²) in [4.78, 5) is 6.19. The van der Waals surface area contributed by atoms with Crippen molar-refractivity contribution in [2.75, 3.05) is 7.05 Å². The molecule has 1 aliphatic rings. The van der Waals surface area contributed by atoms with E-state index in [4.69, 9.17) is 4.98 Å². The van der Waals surface area contributed by atoms with E-state index in [2.05, 4.69) is 29.6 Å². The third-order valence-corrected chi connectivity index (χ3v) is 4.08. The summed E-state index contributed by atoms with van der Waals surface area (Å²) in [7, 11) is 1.97. The fraction of sp³-hybridized carbons (Fsp3) is 0.308. The number of aromatic nitrogens is 1. The highest BCUT2D eigenvalue weighted by Crippen LogP contribution is 2.35. The highest BCUT2D eigenvalue weighted by atomic mass is 32.1. The summed E-state index contributed by atoms with van der Waals surface area (Å²) < 4.78 is 0. The van der Waals surface area contributed by atoms with Crippen LogP contribution in [0.2, 0.25) is 0 Å². The number of aryl methyl sites for hydroxylation is 2. The van der Waals surface area contributed by atoms with Crippen LogP contribution in [0.1, 0.15) is 15.4 Å². The van der Waals surface area contributed by atoms with Gasteiger partial charge in [-0.15, -0.1) is 11.3 Å². The van der Waals surface area contributed by atoms with Crippen molar-refractivity contribution in [2.24, 2.45) is 0 Å². The Hall–Kier alpha value is -1.19. The van der Waals surface area contributed by atoms with Gasteiger partial charge in [-0.1, -0.05) is 24.3 Å². The molecule has 0 amide bonds. The first-order valence-corrected chi connectivity index (χ1v) is 6.41. The molecule has 1 aromatic heterocycles. The Morgan fingerprint density at radius 1 is 1.31 bits per heavy atom. The molecule has 0 spiro atoms. The van der Waals surface area contributed by atoms with Gasteiger partial charge in [0, 0.05) is 17.0 Å². The van der Waals surface area contributed by atoms with Gasteiger partial charge in [-0.3, -0.25) is 0 Å². The van der Waals surface area contributed by atoms with Crippen molar-refractivity contribution in [3.8, 4) is 11.3 Å². The van der Waals surface area contributed by atoms with Crippen LogP contribution in [0.25, 0.3) is 11.3 Å². The molecule has 16 heavy (non-hydrogen) atoms. The average Bonchev–Trinajstić information content (AvgIpc) is 2.72. The van der Waals surface area contributed by atoms with Crippen LogP contribution in [0.15, 0.2) is 24.3 Å². The Bertz CT molecular complexity index is 516. The smallest absolute Gasteiger partial charge is 0.107 e. The lowest BCUT2D eigenvalue weighted by molar-refractivity contribution is 0.810. The van der Waals surface area contributed by atoms with E-state index >= 15 is 0 Å². The van der Waals surface area contributed by atoms with Crippen molar-refractivity contribution >= 4 is 11.3 Å². The van der Waals surface area contributed by atoms with Crippen LogP contribution in [0.4, 0.5) is 0 Å². The van der Waals surface area contributed by atoms with E-state index in [1.165, 1.54) is 26.7 Å². The number of rotatable bonds is 2. The van der Waals surface area contributed by atoms with Crippen molar-refractivity contribution in [2.45, 2.75) is 19.4 Å². The maximum absolute atomic E-state index is 4.74. The van der Waals surface area contributed by atoms with Crippen LogP contribution >= 0.6 is 11.3 Å². The number of hydrogen-bond acceptors (Lipinski definition) is 3. The fourth-order valence-electron chi connectivity index (χ4n) is 2.22. The summed E-state index contributed by atoms with van der Waals surface area (Å²) in [5, 5.41) is 4.36. The quantitative estimate of drug-likeness (QED) is 0.858. The molecular formula is C13H14N2S. The van der Waals surface area contributed by atoms with Gasteiger partial charge < -0.3 is 5.32 Å². The van der Waals surface area contributed by atoms with E-state index in [-0.39, 0.29) is 0 Å². The Kier molecular flexibility index (Phi) is 2.50. The molecule has 0 atom stereocenters. The van der Waals surface area contributed by atoms with Crippen molar-refractivity contribution < 1.29 is 0 Å². The largest absolute Gasteiger partial charge is 0.314 e. The first-order valence-electron chi connectivity index (χ1n) is 5.60. The first kappa shape index (κ1) is 10.00. The fourth-order valence-corrected chi connectivity index (χ4v) is 3.32. The standard InChI is InChI=1S/C13H14N2S/c1-14-8-12-15-13-10-5-3-2-4-9(10)6-7-11(13)16-12/h2-5,14H,6-8H2,1H3. The molecule has 0 saturated carbocycles. The highest BCUT2D eigenvalue weighted by Gasteiger charge is 2.19. The topological polar surface area (TPSA) is 24.9 Å². The van der Waals surface area contributed by atoms with Crippen LogP contribution in [-0.4, -0.2) is 12.0 Å². The summed E-state index contributed by atoms with van der Waals surface area (Å²) >= 11 is 1.85. The number of benzene rings is 1. The van der Waals surface area contributed by atoms with Crippen molar-refractivity contribution in [1.29, 1.82) is 0 Å². The van der Waals surface area contributed by atoms with Gasteiger partial charge in [0.05, 0.1) is 5.69 Å². The van der Waals surface area contributed by atoms with Crippen LogP contribution in [0.3, 0.4) is 0 Å². The van der Waals surface area contributed by atoms with Gasteiger partial charge in [-0.25, -0.2) is 4.98 Å². The van der Waals surface area contributed by atoms with Crippen molar-refractivity contribution in [1.82, 2.24) is 10.3 Å². The lowest BCUT2D eigenvalue weighted by atomic mass is 9.94. The summed E-state index contributed by atoms with van der Waals surface area (Å²) in [5.41, 5.74) is 4.00. The molecule has 0 aliphatic heterocycles. The molecule has 82 valence electrons. The van der Waals surface area contributed by atoms with Crippen LogP contribution in [-0.2, 0) is 19.4 Å². The Morgan fingerprint density at radius 2 is 2.19 bits per heavy atom. The predicted octanol–water partition coefficient (Wildman–Crippen LogP) is 2.63. The van der Waals surface area contributed by atoms with Crippen LogP contribution in [0, 0.1) is 0 Å². The second kappa shape index (κ2) is 4.00. The molecule has 0 bridgehead atoms. The molecule has 1 aliphatic carbocycles. The Balaban J connectivity index is 2.09. The molecule has 3 heteroatoms. The number of thiazole rings is 1. The molecule has 1 N–H and O–H groups in total. The number of nitrogens with zero attached hydrogens (tertiary/aromatic N) is 1. The minimum atomic E-state index is 0.875. The second-order valence-corrected chi connectivity index (χ2v) is 5.24. The maximum Gasteiger partial charge on any atom is 0.107 e. The number of fused-ring (bicyclic) bond motifs is 3. The van der Waals surface area contributed by atoms with E-state index in [1.54, 1.807) is 0 Å². The molecule has 2 nitrogen and oxygen atoms in total. The summed E-state index contributed by atoms with van der Waals surface area (Å²) in [6, 6.07) is 8.63. The summed E-state index contributed by atoms with van der Waals surface area (Å²) in [6.07, 6.45) is 2.30. The van der Waals surface area contributed by atoms with Gasteiger partial charge in [0.1, 0.15) is 5.01 Å². The number of hydrogen-bond donors (Lipinski definition) is 1. The lowest BCUT2D eigenvalue weighted by Crippen LogP contribution is -2.04. The second-order valence-electron chi connectivity index (χ2n) is 4.07. The average molecular weight is 230 g/mol. The van der Waals surface area contributed by atoms with Gasteiger partial charge in [-0.05, 0) is 25.5 Å². The molecule has 1 aromatic carbocycles. The molecule has 0 radical (unpaired) electrons. The normalized spacial score (nSPS) is 13.3. The van der Waals surface area contributed by atoms with Gasteiger partial charge in [0.2, 0.25) is 0 Å². The van der Waals surface area contributed by atoms with Gasteiger partial charge >= 0.3 is 0 Å². The summed E-state index contributed by atoms with van der Waals surface area (Å²) in [5.74, 6) is 0. The van der Waals surface area contributed by atoms with E-state index in [0.717, 1.165) is 19.4 Å². The zero-order valence-corrected chi connectivity index (χ0v) is 10.1. The molecule has 0 unspecified atom stereocenters. The molecule has 2 aromatic rings. The third kappa shape index (κ3) is 1.56. The van der Waals surface area contributed by atoms with Gasteiger partial charge in [0.15, 0.2) is 0 Å². The Labute approximate surface area is 99.4 Å². The van der Waals surface area contributed by atoms with E-state index in [9.17, 15) is 0 Å². The molecule has 0 fully saturated rings. The van der Waals surface area contributed by atoms with Crippen molar-refractivity contribution in [3.05, 3.63) is 39.7 Å². The lowest BCUT2D eigenvalue weighted by Gasteiger charge is -2.13. The van der Waals surface area contributed by atoms with Crippen molar-refractivity contribution in [3.63, 3.8) is 0 Å². The molecule has 0 saturated heterocycles. The van der Waals surface area contributed by atoms with E-state index in [1.807, 2.05) is 18.4 Å². The van der Waals surface area contributed by atoms with Gasteiger partial charge in [0.25, 0.3) is 0 Å². The molecule has 1 heterocycles.